The van der Waals surface area contributed by atoms with Gasteiger partial charge in [-0.15, -0.1) is 0 Å². The van der Waals surface area contributed by atoms with Crippen molar-refractivity contribution in [2.45, 2.75) is 13.0 Å². The number of ether oxygens (including phenoxy) is 1. The van der Waals surface area contributed by atoms with E-state index < -0.39 is 0 Å². The molecule has 1 aromatic carbocycles. The standard InChI is InChI=1S/C14H17Cl2N3O/c1-20-5-4-17-8-11-9-18-14(19-11)7-10-2-3-12(15)13(16)6-10/h2-3,6,9,17H,4-5,7-8H2,1H3,(H,18,19). The molecule has 0 aliphatic heterocycles. The summed E-state index contributed by atoms with van der Waals surface area (Å²) in [5.74, 6) is 0.909. The van der Waals surface area contributed by atoms with E-state index in [1.54, 1.807) is 13.2 Å². The van der Waals surface area contributed by atoms with Crippen LogP contribution in [0.3, 0.4) is 0 Å². The number of nitrogens with zero attached hydrogens (tertiary/aromatic N) is 1. The van der Waals surface area contributed by atoms with E-state index in [0.717, 1.165) is 30.2 Å². The molecule has 0 spiro atoms. The lowest BCUT2D eigenvalue weighted by Crippen LogP contribution is -2.18. The average molecular weight is 314 g/mol. The number of rotatable bonds is 7. The lowest BCUT2D eigenvalue weighted by atomic mass is 10.1. The number of imidazole rings is 1. The topological polar surface area (TPSA) is 49.9 Å². The molecule has 0 aliphatic carbocycles. The van der Waals surface area contributed by atoms with Gasteiger partial charge in [0.05, 0.1) is 16.7 Å². The van der Waals surface area contributed by atoms with Gasteiger partial charge in [-0.1, -0.05) is 29.3 Å². The van der Waals surface area contributed by atoms with Crippen LogP contribution in [-0.2, 0) is 17.7 Å². The van der Waals surface area contributed by atoms with Crippen LogP contribution in [0.4, 0.5) is 0 Å². The lowest BCUT2D eigenvalue weighted by Gasteiger charge is -2.02. The number of aromatic nitrogens is 2. The first-order chi connectivity index (χ1) is 9.69. The number of aromatic amines is 1. The molecule has 20 heavy (non-hydrogen) atoms. The maximum absolute atomic E-state index is 6.00. The maximum atomic E-state index is 6.00. The van der Waals surface area contributed by atoms with E-state index in [2.05, 4.69) is 15.3 Å². The van der Waals surface area contributed by atoms with Crippen molar-refractivity contribution in [3.05, 3.63) is 51.5 Å². The van der Waals surface area contributed by atoms with Crippen LogP contribution in [0, 0.1) is 0 Å². The van der Waals surface area contributed by atoms with Crippen LogP contribution < -0.4 is 5.32 Å². The van der Waals surface area contributed by atoms with Gasteiger partial charge in [-0.05, 0) is 17.7 Å². The number of nitrogens with one attached hydrogen (secondary N) is 2. The van der Waals surface area contributed by atoms with Crippen LogP contribution >= 0.6 is 23.2 Å². The molecule has 0 fully saturated rings. The summed E-state index contributed by atoms with van der Waals surface area (Å²) >= 11 is 11.9. The predicted molar refractivity (Wildman–Crippen MR) is 81.4 cm³/mol. The minimum Gasteiger partial charge on any atom is -0.383 e. The van der Waals surface area contributed by atoms with Crippen molar-refractivity contribution in [1.82, 2.24) is 15.3 Å². The van der Waals surface area contributed by atoms with Crippen LogP contribution in [0.15, 0.2) is 24.4 Å². The first-order valence-electron chi connectivity index (χ1n) is 6.35. The Labute approximate surface area is 128 Å². The molecule has 0 saturated heterocycles. The zero-order valence-electron chi connectivity index (χ0n) is 11.2. The monoisotopic (exact) mass is 313 g/mol. The Hall–Kier alpha value is -1.07. The smallest absolute Gasteiger partial charge is 0.110 e. The number of H-pyrrole nitrogens is 1. The summed E-state index contributed by atoms with van der Waals surface area (Å²) in [7, 11) is 1.69. The van der Waals surface area contributed by atoms with E-state index in [4.69, 9.17) is 27.9 Å². The van der Waals surface area contributed by atoms with Crippen molar-refractivity contribution < 1.29 is 4.74 Å². The van der Waals surface area contributed by atoms with E-state index in [9.17, 15) is 0 Å². The van der Waals surface area contributed by atoms with Gasteiger partial charge in [0.1, 0.15) is 5.82 Å². The third-order valence-corrected chi connectivity index (χ3v) is 3.57. The van der Waals surface area contributed by atoms with E-state index >= 15 is 0 Å². The summed E-state index contributed by atoms with van der Waals surface area (Å²) in [5, 5.41) is 4.40. The van der Waals surface area contributed by atoms with Crippen LogP contribution in [0.2, 0.25) is 10.0 Å². The molecule has 2 N–H and O–H groups in total. The first-order valence-corrected chi connectivity index (χ1v) is 7.11. The SMILES string of the molecule is COCCNCc1cnc(Cc2ccc(Cl)c(Cl)c2)[nH]1. The van der Waals surface area contributed by atoms with E-state index in [1.165, 1.54) is 0 Å². The average Bonchev–Trinajstić information content (AvgIpc) is 2.87. The maximum Gasteiger partial charge on any atom is 0.110 e. The summed E-state index contributed by atoms with van der Waals surface area (Å²) in [6, 6.07) is 5.62. The molecular formula is C14H17Cl2N3O. The molecule has 0 saturated carbocycles. The van der Waals surface area contributed by atoms with Crippen LogP contribution in [0.1, 0.15) is 17.1 Å². The molecule has 0 amide bonds. The second kappa shape index (κ2) is 7.64. The van der Waals surface area contributed by atoms with Gasteiger partial charge in [0, 0.05) is 38.5 Å². The molecule has 0 bridgehead atoms. The zero-order chi connectivity index (χ0) is 14.4. The van der Waals surface area contributed by atoms with Crippen molar-refractivity contribution in [2.75, 3.05) is 20.3 Å². The van der Waals surface area contributed by atoms with Gasteiger partial charge in [0.15, 0.2) is 0 Å². The van der Waals surface area contributed by atoms with Gasteiger partial charge < -0.3 is 15.0 Å². The Morgan fingerprint density at radius 3 is 2.90 bits per heavy atom. The van der Waals surface area contributed by atoms with Crippen molar-refractivity contribution >= 4 is 23.2 Å². The number of methoxy groups -OCH3 is 1. The second-order valence-electron chi connectivity index (χ2n) is 4.45. The molecule has 0 aliphatic rings. The number of benzene rings is 1. The summed E-state index contributed by atoms with van der Waals surface area (Å²) in [4.78, 5) is 7.64. The lowest BCUT2D eigenvalue weighted by molar-refractivity contribution is 0.199. The molecule has 0 radical (unpaired) electrons. The summed E-state index contributed by atoms with van der Waals surface area (Å²) in [6.45, 7) is 2.26. The van der Waals surface area contributed by atoms with Crippen LogP contribution in [-0.4, -0.2) is 30.2 Å². The zero-order valence-corrected chi connectivity index (χ0v) is 12.8. The minimum absolute atomic E-state index is 0.567. The predicted octanol–water partition coefficient (Wildman–Crippen LogP) is 3.04. The first kappa shape index (κ1) is 15.3. The van der Waals surface area contributed by atoms with E-state index in [-0.39, 0.29) is 0 Å². The highest BCUT2D eigenvalue weighted by atomic mass is 35.5. The normalized spacial score (nSPS) is 10.9. The quantitative estimate of drug-likeness (QED) is 0.772. The van der Waals surface area contributed by atoms with Gasteiger partial charge >= 0.3 is 0 Å². The molecule has 1 heterocycles. The summed E-state index contributed by atoms with van der Waals surface area (Å²) in [5.41, 5.74) is 2.13. The Bertz CT molecular complexity index is 557. The van der Waals surface area contributed by atoms with Crippen molar-refractivity contribution in [2.24, 2.45) is 0 Å². The Morgan fingerprint density at radius 1 is 1.30 bits per heavy atom. The third-order valence-electron chi connectivity index (χ3n) is 2.84. The summed E-state index contributed by atoms with van der Waals surface area (Å²) in [6.07, 6.45) is 2.54. The molecule has 108 valence electrons. The second-order valence-corrected chi connectivity index (χ2v) is 5.26. The minimum atomic E-state index is 0.567. The van der Waals surface area contributed by atoms with E-state index in [1.807, 2.05) is 18.3 Å². The molecule has 0 atom stereocenters. The molecule has 0 unspecified atom stereocenters. The van der Waals surface area contributed by atoms with Gasteiger partial charge in [-0.3, -0.25) is 0 Å². The fraction of sp³-hybridized carbons (Fsp3) is 0.357. The Balaban J connectivity index is 1.90. The van der Waals surface area contributed by atoms with Crippen molar-refractivity contribution in [3.63, 3.8) is 0 Å². The number of hydrogen-bond donors (Lipinski definition) is 2. The van der Waals surface area contributed by atoms with Crippen LogP contribution in [0.25, 0.3) is 0 Å². The molecular weight excluding hydrogens is 297 g/mol. The Morgan fingerprint density at radius 2 is 2.15 bits per heavy atom. The highest BCUT2D eigenvalue weighted by Crippen LogP contribution is 2.23. The van der Waals surface area contributed by atoms with Gasteiger partial charge in [-0.25, -0.2) is 4.98 Å². The number of halogens is 2. The molecule has 2 rings (SSSR count). The fourth-order valence-electron chi connectivity index (χ4n) is 1.83. The van der Waals surface area contributed by atoms with Gasteiger partial charge in [0.25, 0.3) is 0 Å². The molecule has 1 aromatic heterocycles. The largest absolute Gasteiger partial charge is 0.383 e. The van der Waals surface area contributed by atoms with Crippen molar-refractivity contribution in [1.29, 1.82) is 0 Å². The Kier molecular flexibility index (Phi) is 5.86. The van der Waals surface area contributed by atoms with Gasteiger partial charge in [-0.2, -0.15) is 0 Å². The third kappa shape index (κ3) is 4.49. The molecule has 2 aromatic rings. The highest BCUT2D eigenvalue weighted by molar-refractivity contribution is 6.42. The van der Waals surface area contributed by atoms with Gasteiger partial charge in [0.2, 0.25) is 0 Å². The fourth-order valence-corrected chi connectivity index (χ4v) is 2.15. The van der Waals surface area contributed by atoms with Crippen LogP contribution in [0.5, 0.6) is 0 Å². The van der Waals surface area contributed by atoms with Crippen molar-refractivity contribution in [3.8, 4) is 0 Å². The summed E-state index contributed by atoms with van der Waals surface area (Å²) < 4.78 is 4.97. The van der Waals surface area contributed by atoms with E-state index in [0.29, 0.717) is 23.1 Å². The number of hydrogen-bond acceptors (Lipinski definition) is 3. The molecule has 6 heteroatoms. The highest BCUT2D eigenvalue weighted by Gasteiger charge is 2.04. The molecule has 4 nitrogen and oxygen atoms in total.